The first kappa shape index (κ1) is 17.2. The molecule has 0 saturated heterocycles. The first-order chi connectivity index (χ1) is 13.5. The molecule has 0 aromatic rings. The second kappa shape index (κ2) is 5.49. The average Bonchev–Trinajstić information content (AvgIpc) is 3.34. The van der Waals surface area contributed by atoms with Gasteiger partial charge >= 0.3 is 5.97 Å². The van der Waals surface area contributed by atoms with Gasteiger partial charge in [-0.1, -0.05) is 18.6 Å². The van der Waals surface area contributed by atoms with E-state index in [0.29, 0.717) is 47.2 Å². The molecule has 1 spiro atoms. The van der Waals surface area contributed by atoms with Crippen molar-refractivity contribution < 1.29 is 14.3 Å². The SMILES string of the molecule is C=C[C@@H]1CC2=CC(=O)CC[C@@H]2[C@H]2CC[C@@]3(CC)[C@@H]([C@@H]4C[C@@H]4[C@@]34C=CC(=O)O4)[C@@H]21. The summed E-state index contributed by atoms with van der Waals surface area (Å²) in [5.41, 5.74) is 1.15. The Bertz CT molecular complexity index is 837. The van der Waals surface area contributed by atoms with Crippen molar-refractivity contribution in [2.75, 3.05) is 0 Å². The molecule has 0 unspecified atom stereocenters. The lowest BCUT2D eigenvalue weighted by Crippen LogP contribution is -2.57. The number of esters is 1. The summed E-state index contributed by atoms with van der Waals surface area (Å²) >= 11 is 0. The molecule has 0 aromatic carbocycles. The van der Waals surface area contributed by atoms with Crippen LogP contribution in [0.1, 0.15) is 51.9 Å². The average molecular weight is 379 g/mol. The summed E-state index contributed by atoms with van der Waals surface area (Å²) in [5.74, 6) is 4.35. The molecule has 6 rings (SSSR count). The van der Waals surface area contributed by atoms with Gasteiger partial charge in [0, 0.05) is 23.8 Å². The lowest BCUT2D eigenvalue weighted by Gasteiger charge is -2.59. The maximum Gasteiger partial charge on any atom is 0.331 e. The van der Waals surface area contributed by atoms with Crippen molar-refractivity contribution >= 4 is 11.8 Å². The van der Waals surface area contributed by atoms with Crippen LogP contribution >= 0.6 is 0 Å². The van der Waals surface area contributed by atoms with Crippen molar-refractivity contribution in [2.45, 2.75) is 57.5 Å². The fraction of sp³-hybridized carbons (Fsp3) is 0.680. The zero-order chi connectivity index (χ0) is 19.3. The van der Waals surface area contributed by atoms with Gasteiger partial charge in [-0.2, -0.15) is 0 Å². The van der Waals surface area contributed by atoms with E-state index in [4.69, 9.17) is 4.74 Å². The van der Waals surface area contributed by atoms with Gasteiger partial charge in [-0.3, -0.25) is 4.79 Å². The van der Waals surface area contributed by atoms with Crippen molar-refractivity contribution in [2.24, 2.45) is 46.8 Å². The van der Waals surface area contributed by atoms with E-state index < -0.39 is 0 Å². The maximum atomic E-state index is 12.2. The predicted octanol–water partition coefficient (Wildman–Crippen LogP) is 4.64. The zero-order valence-corrected chi connectivity index (χ0v) is 16.7. The number of carbonyl (C=O) groups is 2. The predicted molar refractivity (Wildman–Crippen MR) is 106 cm³/mol. The van der Waals surface area contributed by atoms with E-state index in [0.717, 1.165) is 32.1 Å². The molecule has 0 bridgehead atoms. The highest BCUT2D eigenvalue weighted by molar-refractivity contribution is 5.91. The molecule has 9 atom stereocenters. The highest BCUT2D eigenvalue weighted by Gasteiger charge is 2.79. The van der Waals surface area contributed by atoms with E-state index in [-0.39, 0.29) is 17.0 Å². The van der Waals surface area contributed by atoms with Gasteiger partial charge < -0.3 is 4.74 Å². The third-order valence-electron chi connectivity index (χ3n) is 9.78. The summed E-state index contributed by atoms with van der Waals surface area (Å²) in [6.07, 6.45) is 15.4. The van der Waals surface area contributed by atoms with Crippen LogP contribution in [0.25, 0.3) is 0 Å². The first-order valence-electron chi connectivity index (χ1n) is 11.3. The molecule has 1 heterocycles. The summed E-state index contributed by atoms with van der Waals surface area (Å²) in [4.78, 5) is 24.2. The van der Waals surface area contributed by atoms with Crippen molar-refractivity contribution in [1.82, 2.24) is 0 Å². The minimum atomic E-state index is -0.344. The number of hydrogen-bond donors (Lipinski definition) is 0. The molecular weight excluding hydrogens is 348 g/mol. The van der Waals surface area contributed by atoms with E-state index >= 15 is 0 Å². The van der Waals surface area contributed by atoms with E-state index in [1.165, 1.54) is 18.4 Å². The Morgan fingerprint density at radius 1 is 1.29 bits per heavy atom. The standard InChI is InChI=1S/C25H30O3/c1-3-14-11-15-12-16(26)5-6-17(15)18-7-9-24(4-2)23(22(14)18)19-13-20(19)25(24)10-8-21(27)28-25/h3,8,10,12,14,17-20,22-23H,1,4-7,9,11,13H2,2H3/t14-,17+,18-,19-,20+,22-,23+,24+,25+/m1/s1. The second-order valence-electron chi connectivity index (χ2n) is 10.3. The topological polar surface area (TPSA) is 43.4 Å². The van der Waals surface area contributed by atoms with Gasteiger partial charge in [-0.05, 0) is 86.2 Å². The van der Waals surface area contributed by atoms with Crippen molar-refractivity contribution in [3.63, 3.8) is 0 Å². The summed E-state index contributed by atoms with van der Waals surface area (Å²) in [6, 6.07) is 0. The van der Waals surface area contributed by atoms with E-state index in [9.17, 15) is 9.59 Å². The summed E-state index contributed by atoms with van der Waals surface area (Å²) in [6.45, 7) is 6.54. The molecule has 28 heavy (non-hydrogen) atoms. The molecule has 4 saturated carbocycles. The smallest absolute Gasteiger partial charge is 0.331 e. The molecule has 148 valence electrons. The fourth-order valence-corrected chi connectivity index (χ4v) is 8.90. The Morgan fingerprint density at radius 2 is 2.14 bits per heavy atom. The van der Waals surface area contributed by atoms with Crippen LogP contribution in [-0.2, 0) is 14.3 Å². The van der Waals surface area contributed by atoms with Crippen LogP contribution in [0, 0.1) is 46.8 Å². The Kier molecular flexibility index (Phi) is 3.38. The van der Waals surface area contributed by atoms with Crippen molar-refractivity contribution in [3.05, 3.63) is 36.5 Å². The lowest BCUT2D eigenvalue weighted by molar-refractivity contribution is -0.173. The molecule has 5 aliphatic carbocycles. The lowest BCUT2D eigenvalue weighted by atomic mass is 9.46. The van der Waals surface area contributed by atoms with Crippen LogP contribution in [0.3, 0.4) is 0 Å². The Labute approximate surface area is 167 Å². The summed E-state index contributed by atoms with van der Waals surface area (Å²) < 4.78 is 6.16. The summed E-state index contributed by atoms with van der Waals surface area (Å²) in [5, 5.41) is 0. The quantitative estimate of drug-likeness (QED) is 0.519. The Balaban J connectivity index is 1.45. The number of ether oxygens (including phenoxy) is 1. The number of hydrogen-bond acceptors (Lipinski definition) is 3. The number of rotatable bonds is 2. The molecule has 0 radical (unpaired) electrons. The highest BCUT2D eigenvalue weighted by atomic mass is 16.6. The van der Waals surface area contributed by atoms with Gasteiger partial charge in [0.2, 0.25) is 0 Å². The van der Waals surface area contributed by atoms with E-state index in [2.05, 4.69) is 25.7 Å². The number of ketones is 1. The minimum Gasteiger partial charge on any atom is -0.451 e. The minimum absolute atomic E-state index is 0.0946. The molecule has 4 fully saturated rings. The van der Waals surface area contributed by atoms with Crippen LogP contribution in [0.15, 0.2) is 36.5 Å². The van der Waals surface area contributed by atoms with Gasteiger partial charge in [0.25, 0.3) is 0 Å². The third-order valence-corrected chi connectivity index (χ3v) is 9.78. The molecule has 6 aliphatic rings. The number of allylic oxidation sites excluding steroid dienone is 2. The second-order valence-corrected chi connectivity index (χ2v) is 10.3. The normalized spacial score (nSPS) is 53.0. The van der Waals surface area contributed by atoms with Gasteiger partial charge in [-0.15, -0.1) is 6.58 Å². The molecule has 3 nitrogen and oxygen atoms in total. The van der Waals surface area contributed by atoms with Crippen molar-refractivity contribution in [1.29, 1.82) is 0 Å². The molecule has 0 amide bonds. The van der Waals surface area contributed by atoms with Crippen molar-refractivity contribution in [3.8, 4) is 0 Å². The number of fused-ring (bicyclic) bond motifs is 9. The number of carbonyl (C=O) groups excluding carboxylic acids is 2. The van der Waals surface area contributed by atoms with Gasteiger partial charge in [0.1, 0.15) is 5.60 Å². The molecule has 0 N–H and O–H groups in total. The van der Waals surface area contributed by atoms with E-state index in [1.807, 2.05) is 6.08 Å². The highest BCUT2D eigenvalue weighted by Crippen LogP contribution is 2.79. The third kappa shape index (κ3) is 1.87. The fourth-order valence-electron chi connectivity index (χ4n) is 8.90. The molecule has 1 aliphatic heterocycles. The van der Waals surface area contributed by atoms with E-state index in [1.54, 1.807) is 6.08 Å². The Morgan fingerprint density at radius 3 is 2.86 bits per heavy atom. The molecule has 3 heteroatoms. The Hall–Kier alpha value is -1.64. The largest absolute Gasteiger partial charge is 0.451 e. The van der Waals surface area contributed by atoms with Crippen LogP contribution in [-0.4, -0.2) is 17.4 Å². The van der Waals surface area contributed by atoms with Crippen LogP contribution in [0.4, 0.5) is 0 Å². The van der Waals surface area contributed by atoms with Gasteiger partial charge in [0.05, 0.1) is 0 Å². The van der Waals surface area contributed by atoms with Crippen LogP contribution in [0.5, 0.6) is 0 Å². The zero-order valence-electron chi connectivity index (χ0n) is 16.7. The summed E-state index contributed by atoms with van der Waals surface area (Å²) in [7, 11) is 0. The first-order valence-corrected chi connectivity index (χ1v) is 11.3. The molecular formula is C25H30O3. The monoisotopic (exact) mass is 378 g/mol. The molecule has 0 aromatic heterocycles. The van der Waals surface area contributed by atoms with Gasteiger partial charge in [0.15, 0.2) is 5.78 Å². The van der Waals surface area contributed by atoms with Crippen LogP contribution in [0.2, 0.25) is 0 Å². The van der Waals surface area contributed by atoms with Crippen LogP contribution < -0.4 is 0 Å². The maximum absolute atomic E-state index is 12.2. The van der Waals surface area contributed by atoms with Gasteiger partial charge in [-0.25, -0.2) is 4.79 Å².